The Morgan fingerprint density at radius 2 is 2.17 bits per heavy atom. The van der Waals surface area contributed by atoms with Gasteiger partial charge in [0, 0.05) is 0 Å². The van der Waals surface area contributed by atoms with E-state index in [2.05, 4.69) is 14.5 Å². The first-order valence-electron chi connectivity index (χ1n) is 4.33. The highest BCUT2D eigenvalue weighted by Gasteiger charge is 2.35. The van der Waals surface area contributed by atoms with Gasteiger partial charge in [0.2, 0.25) is 0 Å². The van der Waals surface area contributed by atoms with Gasteiger partial charge in [-0.25, -0.2) is 9.78 Å². The number of nitrogen functional groups attached to an aromatic ring is 1. The lowest BCUT2D eigenvalue weighted by Gasteiger charge is -2.13. The Morgan fingerprint density at radius 3 is 2.61 bits per heavy atom. The molecule has 1 heterocycles. The predicted molar refractivity (Wildman–Crippen MR) is 51.4 cm³/mol. The molecule has 18 heavy (non-hydrogen) atoms. The van der Waals surface area contributed by atoms with Crippen LogP contribution in [0.15, 0.2) is 6.07 Å². The largest absolute Gasteiger partial charge is 0.573 e. The second-order valence-corrected chi connectivity index (χ2v) is 2.92. The molecule has 1 aromatic heterocycles. The summed E-state index contributed by atoms with van der Waals surface area (Å²) in [6.07, 6.45) is -5.08. The van der Waals surface area contributed by atoms with Gasteiger partial charge in [-0.15, -0.1) is 13.2 Å². The molecule has 6 nitrogen and oxygen atoms in total. The smallest absolute Gasteiger partial charge is 0.465 e. The molecule has 96 valence electrons. The fourth-order valence-electron chi connectivity index (χ4n) is 1.11. The molecular weight excluding hydrogens is 255 g/mol. The van der Waals surface area contributed by atoms with Gasteiger partial charge in [0.15, 0.2) is 11.4 Å². The number of nitrogens with zero attached hydrogens (tertiary/aromatic N) is 2. The molecule has 2 N–H and O–H groups in total. The monoisotopic (exact) mass is 261 g/mol. The number of hydrogen-bond acceptors (Lipinski definition) is 6. The summed E-state index contributed by atoms with van der Waals surface area (Å²) in [6, 6.07) is 2.18. The van der Waals surface area contributed by atoms with E-state index < -0.39 is 29.3 Å². The third kappa shape index (κ3) is 3.00. The van der Waals surface area contributed by atoms with Crippen molar-refractivity contribution < 1.29 is 27.4 Å². The Bertz CT molecular complexity index is 522. The third-order valence-electron chi connectivity index (χ3n) is 1.72. The van der Waals surface area contributed by atoms with Crippen LogP contribution in [0.2, 0.25) is 0 Å². The summed E-state index contributed by atoms with van der Waals surface area (Å²) in [5.74, 6) is -2.47. The predicted octanol–water partition coefficient (Wildman–Crippen LogP) is 1.22. The summed E-state index contributed by atoms with van der Waals surface area (Å²) in [5, 5.41) is 8.65. The van der Waals surface area contributed by atoms with Crippen molar-refractivity contribution in [2.45, 2.75) is 6.36 Å². The minimum Gasteiger partial charge on any atom is -0.465 e. The van der Waals surface area contributed by atoms with E-state index in [9.17, 15) is 18.0 Å². The van der Waals surface area contributed by atoms with E-state index >= 15 is 0 Å². The number of aromatic nitrogens is 1. The first-order valence-corrected chi connectivity index (χ1v) is 4.33. The van der Waals surface area contributed by atoms with Crippen molar-refractivity contribution in [1.82, 2.24) is 4.98 Å². The summed E-state index contributed by atoms with van der Waals surface area (Å²) in [5.41, 5.74) is 3.87. The number of nitrogens with two attached hydrogens (primary N) is 1. The summed E-state index contributed by atoms with van der Waals surface area (Å²) >= 11 is 0. The average Bonchev–Trinajstić information content (AvgIpc) is 2.28. The van der Waals surface area contributed by atoms with Gasteiger partial charge >= 0.3 is 12.3 Å². The number of rotatable bonds is 2. The molecule has 0 aliphatic rings. The number of carbonyl (C=O) groups is 1. The van der Waals surface area contributed by atoms with Gasteiger partial charge in [0.05, 0.1) is 7.11 Å². The molecule has 1 rings (SSSR count). The molecule has 0 amide bonds. The van der Waals surface area contributed by atoms with Crippen LogP contribution >= 0.6 is 0 Å². The van der Waals surface area contributed by atoms with E-state index in [1.165, 1.54) is 6.07 Å². The molecule has 0 spiro atoms. The van der Waals surface area contributed by atoms with Gasteiger partial charge in [0.1, 0.15) is 17.5 Å². The summed E-state index contributed by atoms with van der Waals surface area (Å²) in [4.78, 5) is 14.6. The molecule has 9 heteroatoms. The normalized spacial score (nSPS) is 10.6. The molecule has 0 unspecified atom stereocenters. The zero-order valence-corrected chi connectivity index (χ0v) is 8.91. The number of hydrogen-bond donors (Lipinski definition) is 1. The van der Waals surface area contributed by atoms with E-state index in [1.54, 1.807) is 0 Å². The highest BCUT2D eigenvalue weighted by molar-refractivity contribution is 5.94. The van der Waals surface area contributed by atoms with Gasteiger partial charge in [-0.2, -0.15) is 5.26 Å². The van der Waals surface area contributed by atoms with Crippen molar-refractivity contribution in [1.29, 1.82) is 5.26 Å². The SMILES string of the molecule is COC(=O)c1cc(N)nc(C#N)c1OC(F)(F)F. The molecule has 0 aliphatic heterocycles. The number of anilines is 1. The minimum atomic E-state index is -5.08. The van der Waals surface area contributed by atoms with Crippen LogP contribution in [0.25, 0.3) is 0 Å². The van der Waals surface area contributed by atoms with Crippen LogP contribution in [0.3, 0.4) is 0 Å². The molecule has 1 aromatic rings. The highest BCUT2D eigenvalue weighted by Crippen LogP contribution is 2.30. The van der Waals surface area contributed by atoms with Crippen LogP contribution in [0, 0.1) is 11.3 Å². The minimum absolute atomic E-state index is 0.304. The van der Waals surface area contributed by atoms with E-state index in [1.807, 2.05) is 0 Å². The molecular formula is C9H6F3N3O3. The van der Waals surface area contributed by atoms with E-state index in [4.69, 9.17) is 11.0 Å². The number of esters is 1. The lowest BCUT2D eigenvalue weighted by molar-refractivity contribution is -0.274. The number of carbonyl (C=O) groups excluding carboxylic acids is 1. The standard InChI is InChI=1S/C9H6F3N3O3/c1-17-8(16)4-2-6(14)15-5(3-13)7(4)18-9(10,11)12/h2H,1H3,(H2,14,15). The maximum atomic E-state index is 12.2. The number of halogens is 3. The van der Waals surface area contributed by atoms with Crippen LogP contribution in [0.4, 0.5) is 19.0 Å². The summed E-state index contributed by atoms with van der Waals surface area (Å²) in [6.45, 7) is 0. The molecule has 0 radical (unpaired) electrons. The molecule has 0 aliphatic carbocycles. The maximum absolute atomic E-state index is 12.2. The van der Waals surface area contributed by atoms with E-state index in [0.717, 1.165) is 13.2 Å². The first kappa shape index (κ1) is 13.6. The zero-order chi connectivity index (χ0) is 13.9. The number of pyridine rings is 1. The molecule has 0 aromatic carbocycles. The van der Waals surface area contributed by atoms with Crippen molar-refractivity contribution in [3.63, 3.8) is 0 Å². The van der Waals surface area contributed by atoms with Crippen LogP contribution in [0.1, 0.15) is 16.1 Å². The maximum Gasteiger partial charge on any atom is 0.573 e. The molecule has 0 atom stereocenters. The lowest BCUT2D eigenvalue weighted by Crippen LogP contribution is -2.21. The van der Waals surface area contributed by atoms with Crippen LogP contribution in [-0.4, -0.2) is 24.4 Å². The second-order valence-electron chi connectivity index (χ2n) is 2.92. The Hall–Kier alpha value is -2.50. The van der Waals surface area contributed by atoms with Crippen LogP contribution in [0.5, 0.6) is 5.75 Å². The second kappa shape index (κ2) is 4.79. The fraction of sp³-hybridized carbons (Fsp3) is 0.222. The Labute approximate surface area is 98.7 Å². The number of alkyl halides is 3. The highest BCUT2D eigenvalue weighted by atomic mass is 19.4. The van der Waals surface area contributed by atoms with Gasteiger partial charge < -0.3 is 15.2 Å². The number of methoxy groups -OCH3 is 1. The first-order chi connectivity index (χ1) is 8.28. The fourth-order valence-corrected chi connectivity index (χ4v) is 1.11. The van der Waals surface area contributed by atoms with E-state index in [-0.39, 0.29) is 5.82 Å². The lowest BCUT2D eigenvalue weighted by atomic mass is 10.2. The van der Waals surface area contributed by atoms with Gasteiger partial charge in [0.25, 0.3) is 0 Å². The van der Waals surface area contributed by atoms with Crippen molar-refractivity contribution in [3.8, 4) is 11.8 Å². The van der Waals surface area contributed by atoms with Crippen LogP contribution in [-0.2, 0) is 4.74 Å². The topological polar surface area (TPSA) is 98.2 Å². The molecule has 0 saturated heterocycles. The van der Waals surface area contributed by atoms with Crippen LogP contribution < -0.4 is 10.5 Å². The van der Waals surface area contributed by atoms with Gasteiger partial charge in [-0.1, -0.05) is 0 Å². The summed E-state index contributed by atoms with van der Waals surface area (Å²) in [7, 11) is 0.961. The molecule has 0 fully saturated rings. The Balaban J connectivity index is 3.44. The van der Waals surface area contributed by atoms with Crippen molar-refractivity contribution in [2.24, 2.45) is 0 Å². The van der Waals surface area contributed by atoms with Gasteiger partial charge in [-0.3, -0.25) is 0 Å². The number of ether oxygens (including phenoxy) is 2. The van der Waals surface area contributed by atoms with E-state index in [0.29, 0.717) is 0 Å². The quantitative estimate of drug-likeness (QED) is 0.803. The average molecular weight is 261 g/mol. The zero-order valence-electron chi connectivity index (χ0n) is 8.91. The third-order valence-corrected chi connectivity index (χ3v) is 1.72. The number of nitriles is 1. The van der Waals surface area contributed by atoms with Crippen molar-refractivity contribution in [2.75, 3.05) is 12.8 Å². The Morgan fingerprint density at radius 1 is 1.56 bits per heavy atom. The molecule has 0 bridgehead atoms. The van der Waals surface area contributed by atoms with Crippen molar-refractivity contribution in [3.05, 3.63) is 17.3 Å². The van der Waals surface area contributed by atoms with Gasteiger partial charge in [-0.05, 0) is 6.07 Å². The van der Waals surface area contributed by atoms with Crippen molar-refractivity contribution >= 4 is 11.8 Å². The summed E-state index contributed by atoms with van der Waals surface area (Å²) < 4.78 is 44.3. The molecule has 0 saturated carbocycles. The Kier molecular flexibility index (Phi) is 3.61.